The number of hydrogen-bond donors (Lipinski definition) is 2. The van der Waals surface area contributed by atoms with Gasteiger partial charge < -0.3 is 5.32 Å². The Balaban J connectivity index is 1.48. The third-order valence-electron chi connectivity index (χ3n) is 5.03. The lowest BCUT2D eigenvalue weighted by Gasteiger charge is -2.07. The maximum atomic E-state index is 12.4. The predicted molar refractivity (Wildman–Crippen MR) is 103 cm³/mol. The molecule has 1 saturated carbocycles. The molecule has 0 radical (unpaired) electrons. The first-order valence-electron chi connectivity index (χ1n) is 9.14. The summed E-state index contributed by atoms with van der Waals surface area (Å²) in [7, 11) is 0. The Morgan fingerprint density at radius 3 is 2.74 bits per heavy atom. The van der Waals surface area contributed by atoms with Crippen LogP contribution >= 0.6 is 0 Å². The minimum atomic E-state index is -0.326. The molecule has 4 rings (SSSR count). The van der Waals surface area contributed by atoms with Crippen LogP contribution in [0.1, 0.15) is 51.6 Å². The van der Waals surface area contributed by atoms with Gasteiger partial charge in [-0.2, -0.15) is 0 Å². The third-order valence-corrected chi connectivity index (χ3v) is 5.03. The number of carbonyl (C=O) groups excluding carboxylic acids is 1. The molecule has 138 valence electrons. The first-order chi connectivity index (χ1) is 13.0. The molecule has 1 aliphatic rings. The van der Waals surface area contributed by atoms with E-state index in [1.165, 1.54) is 29.2 Å². The number of hydrogen-bond acceptors (Lipinski definition) is 3. The number of aryl methyl sites for hydroxylation is 2. The highest BCUT2D eigenvalue weighted by Crippen LogP contribution is 2.39. The number of benzene rings is 1. The number of nitrogens with zero attached hydrogens (tertiary/aromatic N) is 2. The maximum Gasteiger partial charge on any atom is 0.271 e. The van der Waals surface area contributed by atoms with Crippen LogP contribution in [0.5, 0.6) is 0 Å². The number of H-pyrrole nitrogens is 1. The Morgan fingerprint density at radius 2 is 2.00 bits per heavy atom. The van der Waals surface area contributed by atoms with Gasteiger partial charge in [0.25, 0.3) is 11.5 Å². The van der Waals surface area contributed by atoms with Crippen molar-refractivity contribution in [2.45, 2.75) is 39.2 Å². The minimum absolute atomic E-state index is 0.233. The van der Waals surface area contributed by atoms with Gasteiger partial charge in [-0.05, 0) is 73.6 Å². The van der Waals surface area contributed by atoms with Crippen molar-refractivity contribution in [3.63, 3.8) is 0 Å². The highest BCUT2D eigenvalue weighted by Gasteiger charge is 2.23. The van der Waals surface area contributed by atoms with Crippen molar-refractivity contribution < 1.29 is 4.79 Å². The first kappa shape index (κ1) is 17.3. The molecule has 6 nitrogen and oxygen atoms in total. The Hall–Kier alpha value is -3.15. The zero-order valence-corrected chi connectivity index (χ0v) is 15.5. The molecule has 0 bridgehead atoms. The van der Waals surface area contributed by atoms with Crippen LogP contribution in [0.4, 0.5) is 0 Å². The normalized spacial score (nSPS) is 13.6. The van der Waals surface area contributed by atoms with Crippen LogP contribution in [-0.2, 0) is 6.54 Å². The van der Waals surface area contributed by atoms with Gasteiger partial charge in [-0.15, -0.1) is 0 Å². The molecular weight excluding hydrogens is 340 g/mol. The van der Waals surface area contributed by atoms with Crippen molar-refractivity contribution in [1.29, 1.82) is 0 Å². The van der Waals surface area contributed by atoms with E-state index in [0.717, 1.165) is 16.8 Å². The summed E-state index contributed by atoms with van der Waals surface area (Å²) in [4.78, 5) is 29.0. The summed E-state index contributed by atoms with van der Waals surface area (Å²) >= 11 is 0. The summed E-state index contributed by atoms with van der Waals surface area (Å²) in [5, 5.41) is 5.72. The van der Waals surface area contributed by atoms with Crippen molar-refractivity contribution in [1.82, 2.24) is 20.1 Å². The van der Waals surface area contributed by atoms with Crippen molar-refractivity contribution in [3.05, 3.63) is 81.0 Å². The zero-order chi connectivity index (χ0) is 19.0. The molecule has 3 aromatic rings. The summed E-state index contributed by atoms with van der Waals surface area (Å²) in [6, 6.07) is 11.1. The van der Waals surface area contributed by atoms with Gasteiger partial charge in [0.15, 0.2) is 0 Å². The lowest BCUT2D eigenvalue weighted by molar-refractivity contribution is 0.0945. The van der Waals surface area contributed by atoms with E-state index in [9.17, 15) is 9.59 Å². The number of pyridine rings is 1. The van der Waals surface area contributed by atoms with E-state index in [2.05, 4.69) is 15.4 Å². The summed E-state index contributed by atoms with van der Waals surface area (Å²) in [5.74, 6) is 0.319. The average Bonchev–Trinajstić information content (AvgIpc) is 3.44. The molecule has 0 atom stereocenters. The molecule has 0 saturated heterocycles. The smallest absolute Gasteiger partial charge is 0.271 e. The summed E-state index contributed by atoms with van der Waals surface area (Å²) in [6.45, 7) is 4.33. The average molecular weight is 362 g/mol. The van der Waals surface area contributed by atoms with Gasteiger partial charge in [0.05, 0.1) is 17.9 Å². The van der Waals surface area contributed by atoms with E-state index in [0.29, 0.717) is 18.2 Å². The van der Waals surface area contributed by atoms with Gasteiger partial charge in [-0.25, -0.2) is 4.68 Å². The fraction of sp³-hybridized carbons (Fsp3) is 0.286. The van der Waals surface area contributed by atoms with Gasteiger partial charge in [0, 0.05) is 12.3 Å². The van der Waals surface area contributed by atoms with E-state index < -0.39 is 0 Å². The number of nitrogens with one attached hydrogen (secondary N) is 2. The lowest BCUT2D eigenvalue weighted by Crippen LogP contribution is -2.24. The molecular formula is C21H22N4O2. The van der Waals surface area contributed by atoms with Gasteiger partial charge in [-0.3, -0.25) is 19.7 Å². The quantitative estimate of drug-likeness (QED) is 0.732. The fourth-order valence-corrected chi connectivity index (χ4v) is 3.10. The second-order valence-corrected chi connectivity index (χ2v) is 7.15. The molecule has 1 fully saturated rings. The first-order valence-corrected chi connectivity index (χ1v) is 9.14. The largest absolute Gasteiger partial charge is 0.345 e. The Bertz CT molecular complexity index is 1060. The summed E-state index contributed by atoms with van der Waals surface area (Å²) in [5.41, 5.74) is 5.01. The third kappa shape index (κ3) is 3.69. The molecule has 1 aliphatic carbocycles. The van der Waals surface area contributed by atoms with Gasteiger partial charge in [0.1, 0.15) is 5.69 Å². The lowest BCUT2D eigenvalue weighted by atomic mass is 10.1. The number of rotatable bonds is 5. The second kappa shape index (κ2) is 6.87. The SMILES string of the molecule is Cc1ccc(-n2[nH]c(C(=O)NCc3cc(C4CC4)ccn3)cc2=O)cc1C. The standard InChI is InChI=1S/C21H22N4O2/c1-13-3-6-18(9-14(13)2)25-20(26)11-19(24-25)21(27)23-12-17-10-16(7-8-22-17)15-4-5-15/h3,6-11,15,24H,4-5,12H2,1-2H3,(H,23,27). The Kier molecular flexibility index (Phi) is 4.39. The monoisotopic (exact) mass is 362 g/mol. The molecule has 1 aromatic carbocycles. The van der Waals surface area contributed by atoms with Gasteiger partial charge in [0.2, 0.25) is 0 Å². The fourth-order valence-electron chi connectivity index (χ4n) is 3.10. The summed E-state index contributed by atoms with van der Waals surface area (Å²) < 4.78 is 1.38. The molecule has 6 heteroatoms. The molecule has 1 amide bonds. The van der Waals surface area contributed by atoms with Crippen molar-refractivity contribution in [2.24, 2.45) is 0 Å². The van der Waals surface area contributed by atoms with Crippen molar-refractivity contribution in [3.8, 4) is 5.69 Å². The highest BCUT2D eigenvalue weighted by molar-refractivity contribution is 5.92. The molecule has 0 aliphatic heterocycles. The zero-order valence-electron chi connectivity index (χ0n) is 15.5. The Labute approximate surface area is 157 Å². The van der Waals surface area contributed by atoms with Crippen LogP contribution < -0.4 is 10.9 Å². The number of aromatic nitrogens is 3. The van der Waals surface area contributed by atoms with Crippen LogP contribution in [0, 0.1) is 13.8 Å². The van der Waals surface area contributed by atoms with Crippen LogP contribution in [0.25, 0.3) is 5.69 Å². The van der Waals surface area contributed by atoms with Crippen LogP contribution in [-0.4, -0.2) is 20.7 Å². The number of aromatic amines is 1. The number of carbonyl (C=O) groups is 1. The molecule has 2 aromatic heterocycles. The van der Waals surface area contributed by atoms with E-state index in [4.69, 9.17) is 0 Å². The van der Waals surface area contributed by atoms with Crippen LogP contribution in [0.15, 0.2) is 47.4 Å². The topological polar surface area (TPSA) is 79.8 Å². The van der Waals surface area contributed by atoms with Gasteiger partial charge >= 0.3 is 0 Å². The highest BCUT2D eigenvalue weighted by atomic mass is 16.2. The number of amides is 1. The molecule has 0 unspecified atom stereocenters. The molecule has 2 N–H and O–H groups in total. The second-order valence-electron chi connectivity index (χ2n) is 7.15. The van der Waals surface area contributed by atoms with Crippen molar-refractivity contribution in [2.75, 3.05) is 0 Å². The van der Waals surface area contributed by atoms with Gasteiger partial charge in [-0.1, -0.05) is 6.07 Å². The summed E-state index contributed by atoms with van der Waals surface area (Å²) in [6.07, 6.45) is 4.24. The van der Waals surface area contributed by atoms with Crippen LogP contribution in [0.3, 0.4) is 0 Å². The van der Waals surface area contributed by atoms with E-state index in [-0.39, 0.29) is 17.2 Å². The Morgan fingerprint density at radius 1 is 1.19 bits per heavy atom. The van der Waals surface area contributed by atoms with Crippen LogP contribution in [0.2, 0.25) is 0 Å². The van der Waals surface area contributed by atoms with E-state index in [1.54, 1.807) is 6.20 Å². The minimum Gasteiger partial charge on any atom is -0.345 e. The van der Waals surface area contributed by atoms with E-state index in [1.807, 2.05) is 44.2 Å². The molecule has 2 heterocycles. The van der Waals surface area contributed by atoms with E-state index >= 15 is 0 Å². The molecule has 0 spiro atoms. The predicted octanol–water partition coefficient (Wildman–Crippen LogP) is 2.98. The van der Waals surface area contributed by atoms with Crippen molar-refractivity contribution >= 4 is 5.91 Å². The molecule has 27 heavy (non-hydrogen) atoms. The maximum absolute atomic E-state index is 12.4.